The summed E-state index contributed by atoms with van der Waals surface area (Å²) < 4.78 is 4.42. The van der Waals surface area contributed by atoms with Crippen molar-refractivity contribution in [2.45, 2.75) is 6.92 Å². The Morgan fingerprint density at radius 3 is 1.81 bits per heavy atom. The molecule has 2 aromatic rings. The molecule has 0 fully saturated rings. The van der Waals surface area contributed by atoms with Crippen LogP contribution in [0, 0.1) is 6.92 Å². The van der Waals surface area contributed by atoms with Crippen LogP contribution in [0.15, 0.2) is 42.5 Å². The molecule has 0 radical (unpaired) electrons. The van der Waals surface area contributed by atoms with Crippen molar-refractivity contribution in [2.75, 3.05) is 7.11 Å². The fourth-order valence-electron chi connectivity index (χ4n) is 2.05. The van der Waals surface area contributed by atoms with E-state index in [4.69, 9.17) is 28.3 Å². The van der Waals surface area contributed by atoms with Gasteiger partial charge in [-0.25, -0.2) is 9.59 Å². The maximum atomic E-state index is 11.1. The van der Waals surface area contributed by atoms with Crippen molar-refractivity contribution in [3.8, 4) is 0 Å². The molecule has 0 atom stereocenters. The lowest BCUT2D eigenvalue weighted by molar-refractivity contribution is 0.0582. The quantitative estimate of drug-likeness (QED) is 0.620. The van der Waals surface area contributed by atoms with Gasteiger partial charge in [0, 0.05) is 11.1 Å². The van der Waals surface area contributed by atoms with Gasteiger partial charge >= 0.3 is 11.9 Å². The van der Waals surface area contributed by atoms with Crippen molar-refractivity contribution < 1.29 is 29.0 Å². The number of rotatable bonds is 4. The highest BCUT2D eigenvalue weighted by Crippen LogP contribution is 2.18. The molecular formula is C18H14Cl2O6. The minimum absolute atomic E-state index is 0.0469. The Bertz CT molecular complexity index is 861. The first-order valence-corrected chi connectivity index (χ1v) is 7.86. The SMILES string of the molecule is COC(=O)c1ccccc1C(=O)O.Cc1cccc(C(=O)Cl)c1C(=O)Cl. The summed E-state index contributed by atoms with van der Waals surface area (Å²) in [5.41, 5.74) is 1.00. The van der Waals surface area contributed by atoms with Gasteiger partial charge in [-0.05, 0) is 53.9 Å². The van der Waals surface area contributed by atoms with Crippen molar-refractivity contribution in [1.82, 2.24) is 0 Å². The number of hydrogen-bond donors (Lipinski definition) is 1. The molecule has 0 saturated heterocycles. The van der Waals surface area contributed by atoms with E-state index in [-0.39, 0.29) is 22.3 Å². The molecule has 2 rings (SSSR count). The summed E-state index contributed by atoms with van der Waals surface area (Å²) in [5, 5.41) is 7.36. The summed E-state index contributed by atoms with van der Waals surface area (Å²) in [4.78, 5) is 43.5. The van der Waals surface area contributed by atoms with E-state index in [9.17, 15) is 19.2 Å². The van der Waals surface area contributed by atoms with Crippen molar-refractivity contribution in [1.29, 1.82) is 0 Å². The summed E-state index contributed by atoms with van der Waals surface area (Å²) in [5.74, 6) is -1.78. The van der Waals surface area contributed by atoms with E-state index in [0.717, 1.165) is 0 Å². The molecular weight excluding hydrogens is 383 g/mol. The number of hydrogen-bond acceptors (Lipinski definition) is 5. The first-order chi connectivity index (χ1) is 12.2. The van der Waals surface area contributed by atoms with Gasteiger partial charge in [-0.1, -0.05) is 24.3 Å². The highest BCUT2D eigenvalue weighted by atomic mass is 35.5. The molecule has 0 aliphatic rings. The molecule has 136 valence electrons. The average molecular weight is 397 g/mol. The Hall–Kier alpha value is -2.70. The van der Waals surface area contributed by atoms with Crippen LogP contribution in [0.4, 0.5) is 0 Å². The standard InChI is InChI=1S/C9H6Cl2O2.C9H8O4/c1-5-3-2-4-6(8(10)12)7(5)9(11)13;1-13-9(12)7-5-3-2-4-6(7)8(10)11/h2-4H,1H3;2-5H,1H3,(H,10,11). The van der Waals surface area contributed by atoms with Gasteiger partial charge in [-0.15, -0.1) is 0 Å². The zero-order chi connectivity index (χ0) is 19.9. The van der Waals surface area contributed by atoms with E-state index in [1.807, 2.05) is 0 Å². The number of aryl methyl sites for hydroxylation is 1. The number of halogens is 2. The summed E-state index contributed by atoms with van der Waals surface area (Å²) in [6, 6.07) is 10.7. The van der Waals surface area contributed by atoms with Gasteiger partial charge in [0.15, 0.2) is 0 Å². The van der Waals surface area contributed by atoms with Gasteiger partial charge in [0.05, 0.1) is 18.2 Å². The molecule has 2 aromatic carbocycles. The maximum absolute atomic E-state index is 11.1. The lowest BCUT2D eigenvalue weighted by Crippen LogP contribution is -2.09. The second-order valence-corrected chi connectivity index (χ2v) is 5.57. The minimum atomic E-state index is -1.14. The predicted molar refractivity (Wildman–Crippen MR) is 96.3 cm³/mol. The molecule has 0 aliphatic heterocycles. The highest BCUT2D eigenvalue weighted by molar-refractivity contribution is 6.72. The highest BCUT2D eigenvalue weighted by Gasteiger charge is 2.16. The van der Waals surface area contributed by atoms with Gasteiger partial charge in [0.2, 0.25) is 0 Å². The third kappa shape index (κ3) is 5.40. The molecule has 26 heavy (non-hydrogen) atoms. The number of carbonyl (C=O) groups excluding carboxylic acids is 3. The molecule has 0 aromatic heterocycles. The number of ether oxygens (including phenoxy) is 1. The smallest absolute Gasteiger partial charge is 0.338 e. The van der Waals surface area contributed by atoms with Crippen molar-refractivity contribution >= 4 is 45.6 Å². The largest absolute Gasteiger partial charge is 0.478 e. The molecule has 1 N–H and O–H groups in total. The first kappa shape index (κ1) is 21.3. The Kier molecular flexibility index (Phi) is 7.96. The number of benzene rings is 2. The summed E-state index contributed by atoms with van der Waals surface area (Å²) in [6.07, 6.45) is 0. The van der Waals surface area contributed by atoms with Crippen LogP contribution in [0.25, 0.3) is 0 Å². The van der Waals surface area contributed by atoms with Crippen LogP contribution in [-0.4, -0.2) is 34.6 Å². The molecule has 0 heterocycles. The van der Waals surface area contributed by atoms with E-state index in [0.29, 0.717) is 5.56 Å². The average Bonchev–Trinajstić information content (AvgIpc) is 2.60. The molecule has 0 saturated carbocycles. The van der Waals surface area contributed by atoms with Gasteiger partial charge in [0.1, 0.15) is 0 Å². The lowest BCUT2D eigenvalue weighted by atomic mass is 10.0. The normalized spacial score (nSPS) is 9.54. The fourth-order valence-corrected chi connectivity index (χ4v) is 2.46. The van der Waals surface area contributed by atoms with Crippen LogP contribution in [0.2, 0.25) is 0 Å². The van der Waals surface area contributed by atoms with E-state index in [2.05, 4.69) is 4.74 Å². The van der Waals surface area contributed by atoms with Gasteiger partial charge in [-0.2, -0.15) is 0 Å². The topological polar surface area (TPSA) is 97.7 Å². The monoisotopic (exact) mass is 396 g/mol. The number of carboxylic acid groups (broad SMARTS) is 1. The Labute approximate surface area is 159 Å². The van der Waals surface area contributed by atoms with Crippen molar-refractivity contribution in [3.63, 3.8) is 0 Å². The van der Waals surface area contributed by atoms with Crippen molar-refractivity contribution in [2.24, 2.45) is 0 Å². The summed E-state index contributed by atoms with van der Waals surface area (Å²) in [7, 11) is 1.21. The number of methoxy groups -OCH3 is 1. The second-order valence-electron chi connectivity index (χ2n) is 4.89. The second kappa shape index (κ2) is 9.70. The summed E-state index contributed by atoms with van der Waals surface area (Å²) >= 11 is 10.6. The minimum Gasteiger partial charge on any atom is -0.478 e. The Balaban J connectivity index is 0.000000260. The van der Waals surface area contributed by atoms with E-state index in [1.54, 1.807) is 31.2 Å². The molecule has 0 aliphatic carbocycles. The molecule has 6 nitrogen and oxygen atoms in total. The van der Waals surface area contributed by atoms with Crippen LogP contribution < -0.4 is 0 Å². The fraction of sp³-hybridized carbons (Fsp3) is 0.111. The molecule has 0 amide bonds. The third-order valence-corrected chi connectivity index (χ3v) is 3.64. The third-order valence-electron chi connectivity index (χ3n) is 3.24. The van der Waals surface area contributed by atoms with Crippen molar-refractivity contribution in [3.05, 3.63) is 70.3 Å². The van der Waals surface area contributed by atoms with Crippen LogP contribution in [0.3, 0.4) is 0 Å². The first-order valence-electron chi connectivity index (χ1n) is 7.10. The van der Waals surface area contributed by atoms with E-state index < -0.39 is 22.4 Å². The van der Waals surface area contributed by atoms with Crippen LogP contribution >= 0.6 is 23.2 Å². The van der Waals surface area contributed by atoms with Gasteiger partial charge < -0.3 is 9.84 Å². The number of aromatic carboxylic acids is 1. The molecule has 8 heteroatoms. The Morgan fingerprint density at radius 2 is 1.38 bits per heavy atom. The van der Waals surface area contributed by atoms with Gasteiger partial charge in [-0.3, -0.25) is 9.59 Å². The van der Waals surface area contributed by atoms with Crippen LogP contribution in [0.1, 0.15) is 47.0 Å². The lowest BCUT2D eigenvalue weighted by Gasteiger charge is -2.03. The molecule has 0 spiro atoms. The van der Waals surface area contributed by atoms with Gasteiger partial charge in [0.25, 0.3) is 10.5 Å². The maximum Gasteiger partial charge on any atom is 0.338 e. The van der Waals surface area contributed by atoms with Crippen LogP contribution in [-0.2, 0) is 4.74 Å². The zero-order valence-electron chi connectivity index (χ0n) is 13.8. The Morgan fingerprint density at radius 1 is 0.846 bits per heavy atom. The summed E-state index contributed by atoms with van der Waals surface area (Å²) in [6.45, 7) is 1.69. The van der Waals surface area contributed by atoms with E-state index in [1.165, 1.54) is 25.3 Å². The predicted octanol–water partition coefficient (Wildman–Crippen LogP) is 3.92. The van der Waals surface area contributed by atoms with Crippen LogP contribution in [0.5, 0.6) is 0 Å². The molecule has 0 bridgehead atoms. The number of esters is 1. The number of carboxylic acids is 1. The van der Waals surface area contributed by atoms with E-state index >= 15 is 0 Å². The zero-order valence-corrected chi connectivity index (χ0v) is 15.3. The molecule has 0 unspecified atom stereocenters. The number of carbonyl (C=O) groups is 4.